The number of carboxylic acids is 1. The molecule has 0 aromatic carbocycles. The molecule has 4 aliphatic carbocycles. The van der Waals surface area contributed by atoms with Gasteiger partial charge in [-0.15, -0.1) is 0 Å². The van der Waals surface area contributed by atoms with E-state index in [1.54, 1.807) is 11.1 Å². The van der Waals surface area contributed by atoms with Crippen molar-refractivity contribution in [2.24, 2.45) is 39.9 Å². The normalized spacial score (nSPS) is 44.3. The maximum atomic E-state index is 12.3. The first-order valence-corrected chi connectivity index (χ1v) is 13.2. The predicted octanol–water partition coefficient (Wildman–Crippen LogP) is 7.15. The Balaban J connectivity index is 1.62. The Morgan fingerprint density at radius 3 is 2.47 bits per heavy atom. The number of hydrogen-bond acceptors (Lipinski definition) is 2. The SMILES string of the molecule is CC(C)=CCC[C@@H](C)[C@@H]1CC[C@H]2C3=C(CC[C@@]21C)[C@@]1(C)CC[C@H](O)[C@@](C)(C(=O)O)[C@@H]1CC3. The van der Waals surface area contributed by atoms with E-state index in [0.29, 0.717) is 17.8 Å². The summed E-state index contributed by atoms with van der Waals surface area (Å²) in [6, 6.07) is 0. The van der Waals surface area contributed by atoms with Gasteiger partial charge in [-0.05, 0) is 119 Å². The van der Waals surface area contributed by atoms with Gasteiger partial charge in [0, 0.05) is 0 Å². The third-order valence-electron chi connectivity index (χ3n) is 11.0. The number of hydrogen-bond donors (Lipinski definition) is 2. The summed E-state index contributed by atoms with van der Waals surface area (Å²) in [5.74, 6) is 1.48. The first-order chi connectivity index (χ1) is 15.0. The van der Waals surface area contributed by atoms with Gasteiger partial charge in [-0.3, -0.25) is 4.79 Å². The van der Waals surface area contributed by atoms with Gasteiger partial charge in [0.05, 0.1) is 11.5 Å². The van der Waals surface area contributed by atoms with Gasteiger partial charge in [0.15, 0.2) is 0 Å². The monoisotopic (exact) mass is 442 g/mol. The van der Waals surface area contributed by atoms with Gasteiger partial charge in [-0.2, -0.15) is 0 Å². The molecule has 0 aromatic heterocycles. The molecule has 4 aliphatic rings. The molecule has 0 radical (unpaired) electrons. The molecule has 2 fully saturated rings. The van der Waals surface area contributed by atoms with E-state index in [2.05, 4.69) is 40.7 Å². The van der Waals surface area contributed by atoms with Crippen LogP contribution < -0.4 is 0 Å². The van der Waals surface area contributed by atoms with Crippen LogP contribution in [0.25, 0.3) is 0 Å². The zero-order valence-corrected chi connectivity index (χ0v) is 21.3. The zero-order valence-electron chi connectivity index (χ0n) is 21.3. The average Bonchev–Trinajstić information content (AvgIpc) is 3.08. The van der Waals surface area contributed by atoms with Crippen molar-refractivity contribution in [1.82, 2.24) is 0 Å². The Morgan fingerprint density at radius 1 is 1.09 bits per heavy atom. The standard InChI is InChI=1S/C29H46O3/c1-18(2)8-7-9-19(3)21-11-12-22-20-10-13-24-28(5,23(20)14-16-27(21,22)4)17-15-25(30)29(24,6)26(31)32/h8,19,21-22,24-25,30H,7,9-17H2,1-6H3,(H,31,32)/t19-,21+,22+,24-,25+,27-,28-,29+/m1/s1. The predicted molar refractivity (Wildman–Crippen MR) is 130 cm³/mol. The van der Waals surface area contributed by atoms with E-state index in [-0.39, 0.29) is 11.3 Å². The van der Waals surface area contributed by atoms with Gasteiger partial charge in [0.1, 0.15) is 0 Å². The van der Waals surface area contributed by atoms with Crippen molar-refractivity contribution < 1.29 is 15.0 Å². The fourth-order valence-corrected chi connectivity index (χ4v) is 9.08. The van der Waals surface area contributed by atoms with Crippen molar-refractivity contribution in [2.45, 2.75) is 112 Å². The Hall–Kier alpha value is -1.09. The van der Waals surface area contributed by atoms with E-state index in [9.17, 15) is 15.0 Å². The van der Waals surface area contributed by atoms with Gasteiger partial charge in [-0.25, -0.2) is 0 Å². The number of allylic oxidation sites excluding steroid dienone is 4. The summed E-state index contributed by atoms with van der Waals surface area (Å²) in [7, 11) is 0. The Kier molecular flexibility index (Phi) is 6.23. The van der Waals surface area contributed by atoms with Crippen LogP contribution in [0, 0.1) is 39.9 Å². The summed E-state index contributed by atoms with van der Waals surface area (Å²) >= 11 is 0. The van der Waals surface area contributed by atoms with Crippen LogP contribution >= 0.6 is 0 Å². The van der Waals surface area contributed by atoms with E-state index in [4.69, 9.17) is 0 Å². The molecule has 3 nitrogen and oxygen atoms in total. The quantitative estimate of drug-likeness (QED) is 0.444. The van der Waals surface area contributed by atoms with Crippen LogP contribution in [0.4, 0.5) is 0 Å². The summed E-state index contributed by atoms with van der Waals surface area (Å²) in [4.78, 5) is 12.3. The number of aliphatic hydroxyl groups is 1. The number of aliphatic hydroxyl groups excluding tert-OH is 1. The van der Waals surface area contributed by atoms with Crippen molar-refractivity contribution in [2.75, 3.05) is 0 Å². The number of carbonyl (C=O) groups is 1. The minimum atomic E-state index is -1.02. The van der Waals surface area contributed by atoms with Gasteiger partial charge in [0.2, 0.25) is 0 Å². The fraction of sp³-hybridized carbons (Fsp3) is 0.828. The summed E-state index contributed by atoms with van der Waals surface area (Å²) < 4.78 is 0. The van der Waals surface area contributed by atoms with Crippen LogP contribution in [-0.2, 0) is 4.79 Å². The molecule has 2 saturated carbocycles. The highest BCUT2D eigenvalue weighted by atomic mass is 16.4. The van der Waals surface area contributed by atoms with E-state index in [0.717, 1.165) is 37.5 Å². The molecule has 8 atom stereocenters. The summed E-state index contributed by atoms with van der Waals surface area (Å²) in [5.41, 5.74) is 4.06. The molecule has 4 rings (SSSR count). The van der Waals surface area contributed by atoms with E-state index < -0.39 is 17.5 Å². The topological polar surface area (TPSA) is 57.5 Å². The number of rotatable bonds is 5. The van der Waals surface area contributed by atoms with Crippen molar-refractivity contribution in [3.63, 3.8) is 0 Å². The molecule has 2 N–H and O–H groups in total. The summed E-state index contributed by atoms with van der Waals surface area (Å²) in [6.07, 6.45) is 12.7. The average molecular weight is 443 g/mol. The van der Waals surface area contributed by atoms with Gasteiger partial charge in [0.25, 0.3) is 0 Å². The van der Waals surface area contributed by atoms with Crippen LogP contribution in [0.5, 0.6) is 0 Å². The Labute approximate surface area is 195 Å². The maximum Gasteiger partial charge on any atom is 0.312 e. The second kappa shape index (κ2) is 8.29. The van der Waals surface area contributed by atoms with Crippen LogP contribution in [0.1, 0.15) is 106 Å². The fourth-order valence-electron chi connectivity index (χ4n) is 9.08. The number of fused-ring (bicyclic) bond motifs is 4. The molecular weight excluding hydrogens is 396 g/mol. The lowest BCUT2D eigenvalue weighted by molar-refractivity contribution is -0.175. The highest BCUT2D eigenvalue weighted by Gasteiger charge is 2.62. The molecular formula is C29H46O3. The van der Waals surface area contributed by atoms with Crippen molar-refractivity contribution in [1.29, 1.82) is 0 Å². The van der Waals surface area contributed by atoms with Crippen molar-refractivity contribution >= 4 is 5.97 Å². The highest BCUT2D eigenvalue weighted by molar-refractivity contribution is 5.76. The Bertz CT molecular complexity index is 820. The smallest absolute Gasteiger partial charge is 0.312 e. The maximum absolute atomic E-state index is 12.3. The summed E-state index contributed by atoms with van der Waals surface area (Å²) in [6.45, 7) is 13.6. The molecule has 0 unspecified atom stereocenters. The molecule has 0 bridgehead atoms. The molecule has 0 spiro atoms. The molecule has 0 aliphatic heterocycles. The van der Waals surface area contributed by atoms with E-state index in [1.165, 1.54) is 37.7 Å². The van der Waals surface area contributed by atoms with Gasteiger partial charge < -0.3 is 10.2 Å². The third kappa shape index (κ3) is 3.44. The lowest BCUT2D eigenvalue weighted by Crippen LogP contribution is -2.58. The largest absolute Gasteiger partial charge is 0.481 e. The molecule has 32 heavy (non-hydrogen) atoms. The highest BCUT2D eigenvalue weighted by Crippen LogP contribution is 2.68. The molecule has 180 valence electrons. The second-order valence-corrected chi connectivity index (χ2v) is 12.7. The van der Waals surface area contributed by atoms with Crippen LogP contribution in [0.15, 0.2) is 22.8 Å². The third-order valence-corrected chi connectivity index (χ3v) is 11.0. The molecule has 3 heteroatoms. The first kappa shape index (κ1) is 24.0. The zero-order chi connectivity index (χ0) is 23.5. The minimum Gasteiger partial charge on any atom is -0.481 e. The molecule has 0 saturated heterocycles. The van der Waals surface area contributed by atoms with Crippen molar-refractivity contribution in [3.05, 3.63) is 22.8 Å². The molecule has 0 heterocycles. The lowest BCUT2D eigenvalue weighted by Gasteiger charge is -2.59. The van der Waals surface area contributed by atoms with Gasteiger partial charge in [-0.1, -0.05) is 43.6 Å². The van der Waals surface area contributed by atoms with E-state index in [1.807, 2.05) is 6.92 Å². The van der Waals surface area contributed by atoms with Crippen LogP contribution in [0.3, 0.4) is 0 Å². The molecule has 0 amide bonds. The van der Waals surface area contributed by atoms with Crippen molar-refractivity contribution in [3.8, 4) is 0 Å². The van der Waals surface area contributed by atoms with Crippen LogP contribution in [0.2, 0.25) is 0 Å². The Morgan fingerprint density at radius 2 is 1.81 bits per heavy atom. The molecule has 0 aromatic rings. The van der Waals surface area contributed by atoms with Crippen LogP contribution in [-0.4, -0.2) is 22.3 Å². The number of carboxylic acid groups (broad SMARTS) is 1. The van der Waals surface area contributed by atoms with Gasteiger partial charge >= 0.3 is 5.97 Å². The summed E-state index contributed by atoms with van der Waals surface area (Å²) in [5, 5.41) is 20.9. The lowest BCUT2D eigenvalue weighted by atomic mass is 9.45. The minimum absolute atomic E-state index is 0.0413. The first-order valence-electron chi connectivity index (χ1n) is 13.2. The number of aliphatic carboxylic acids is 1. The second-order valence-electron chi connectivity index (χ2n) is 12.7. The van der Waals surface area contributed by atoms with E-state index >= 15 is 0 Å².